The maximum atomic E-state index is 12.8. The van der Waals surface area contributed by atoms with Crippen LogP contribution in [-0.2, 0) is 28.6 Å². The topological polar surface area (TPSA) is 78.9 Å². The van der Waals surface area contributed by atoms with Crippen molar-refractivity contribution >= 4 is 17.9 Å². The first-order valence-electron chi connectivity index (χ1n) is 28.2. The number of hydrogen-bond donors (Lipinski definition) is 0. The Bertz CT molecular complexity index is 978. The van der Waals surface area contributed by atoms with Crippen LogP contribution in [0.1, 0.15) is 316 Å². The van der Waals surface area contributed by atoms with E-state index in [0.717, 1.165) is 64.2 Å². The molecule has 0 amide bonds. The van der Waals surface area contributed by atoms with Crippen LogP contribution in [0.5, 0.6) is 0 Å². The molecule has 0 aliphatic rings. The van der Waals surface area contributed by atoms with Gasteiger partial charge in [0, 0.05) is 19.3 Å². The minimum atomic E-state index is -0.767. The van der Waals surface area contributed by atoms with Crippen molar-refractivity contribution in [2.45, 2.75) is 322 Å². The maximum Gasteiger partial charge on any atom is 0.306 e. The molecule has 0 saturated carbocycles. The molecule has 0 radical (unpaired) electrons. The Morgan fingerprint density at radius 1 is 0.302 bits per heavy atom. The van der Waals surface area contributed by atoms with Crippen LogP contribution >= 0.6 is 0 Å². The number of allylic oxidation sites excluding steroid dienone is 2. The lowest BCUT2D eigenvalue weighted by Crippen LogP contribution is -2.30. The van der Waals surface area contributed by atoms with E-state index in [2.05, 4.69) is 32.9 Å². The van der Waals surface area contributed by atoms with Crippen LogP contribution in [0.25, 0.3) is 0 Å². The van der Waals surface area contributed by atoms with Crippen LogP contribution in [0, 0.1) is 0 Å². The number of carbonyl (C=O) groups excluding carboxylic acids is 3. The van der Waals surface area contributed by atoms with E-state index >= 15 is 0 Å². The van der Waals surface area contributed by atoms with E-state index in [-0.39, 0.29) is 31.1 Å². The van der Waals surface area contributed by atoms with Crippen LogP contribution in [0.2, 0.25) is 0 Å². The molecule has 6 heteroatoms. The van der Waals surface area contributed by atoms with Crippen molar-refractivity contribution in [1.29, 1.82) is 0 Å². The minimum absolute atomic E-state index is 0.0687. The molecular formula is C57H108O6. The molecule has 0 spiro atoms. The normalized spacial score (nSPS) is 12.0. The zero-order chi connectivity index (χ0) is 45.8. The molecule has 0 aromatic heterocycles. The maximum absolute atomic E-state index is 12.8. The van der Waals surface area contributed by atoms with Crippen molar-refractivity contribution in [2.24, 2.45) is 0 Å². The molecule has 0 heterocycles. The van der Waals surface area contributed by atoms with E-state index in [0.29, 0.717) is 19.3 Å². The van der Waals surface area contributed by atoms with Gasteiger partial charge in [-0.3, -0.25) is 14.4 Å². The van der Waals surface area contributed by atoms with Crippen molar-refractivity contribution in [1.82, 2.24) is 0 Å². The summed E-state index contributed by atoms with van der Waals surface area (Å²) >= 11 is 0. The monoisotopic (exact) mass is 889 g/mol. The molecule has 0 aromatic rings. The van der Waals surface area contributed by atoms with E-state index in [9.17, 15) is 14.4 Å². The lowest BCUT2D eigenvalue weighted by molar-refractivity contribution is -0.167. The van der Waals surface area contributed by atoms with Gasteiger partial charge in [0.2, 0.25) is 0 Å². The van der Waals surface area contributed by atoms with Crippen molar-refractivity contribution in [3.63, 3.8) is 0 Å². The Kier molecular flexibility index (Phi) is 51.2. The molecule has 0 fully saturated rings. The average molecular weight is 889 g/mol. The first-order valence-corrected chi connectivity index (χ1v) is 28.2. The summed E-state index contributed by atoms with van der Waals surface area (Å²) in [5, 5.41) is 0. The SMILES string of the molecule is CCCCCCCCC/C=C\CCCCCCCC(=O)OC(COC(=O)CCCCCCCC)COC(=O)CCCCCCCCCCCCCCCCCCCCCCCCC. The molecule has 63 heavy (non-hydrogen) atoms. The van der Waals surface area contributed by atoms with Crippen molar-refractivity contribution in [3.8, 4) is 0 Å². The Labute approximate surface area is 392 Å². The van der Waals surface area contributed by atoms with Gasteiger partial charge in [-0.05, 0) is 44.9 Å². The second-order valence-corrected chi connectivity index (χ2v) is 19.2. The van der Waals surface area contributed by atoms with Gasteiger partial charge in [-0.1, -0.05) is 264 Å². The number of carbonyl (C=O) groups is 3. The predicted octanol–water partition coefficient (Wildman–Crippen LogP) is 18.5. The Morgan fingerprint density at radius 2 is 0.524 bits per heavy atom. The van der Waals surface area contributed by atoms with Crippen LogP contribution < -0.4 is 0 Å². The van der Waals surface area contributed by atoms with E-state index in [1.165, 1.54) is 212 Å². The fourth-order valence-corrected chi connectivity index (χ4v) is 8.50. The van der Waals surface area contributed by atoms with Crippen LogP contribution in [0.4, 0.5) is 0 Å². The van der Waals surface area contributed by atoms with Crippen molar-refractivity contribution < 1.29 is 28.6 Å². The Morgan fingerprint density at radius 3 is 0.794 bits per heavy atom. The van der Waals surface area contributed by atoms with E-state index in [1.54, 1.807) is 0 Å². The number of esters is 3. The fourth-order valence-electron chi connectivity index (χ4n) is 8.50. The van der Waals surface area contributed by atoms with E-state index in [1.807, 2.05) is 0 Å². The van der Waals surface area contributed by atoms with Gasteiger partial charge in [-0.2, -0.15) is 0 Å². The highest BCUT2D eigenvalue weighted by atomic mass is 16.6. The summed E-state index contributed by atoms with van der Waals surface area (Å²) in [4.78, 5) is 37.8. The minimum Gasteiger partial charge on any atom is -0.462 e. The van der Waals surface area contributed by atoms with Gasteiger partial charge in [0.15, 0.2) is 6.10 Å². The molecule has 1 unspecified atom stereocenters. The summed E-state index contributed by atoms with van der Waals surface area (Å²) in [6.45, 7) is 6.62. The largest absolute Gasteiger partial charge is 0.462 e. The number of unbranched alkanes of at least 4 members (excludes halogenated alkanes) is 39. The quantitative estimate of drug-likeness (QED) is 0.0262. The molecule has 1 atom stereocenters. The summed E-state index contributed by atoms with van der Waals surface area (Å²) in [6.07, 6.45) is 59.5. The van der Waals surface area contributed by atoms with Gasteiger partial charge in [0.05, 0.1) is 0 Å². The lowest BCUT2D eigenvalue weighted by Gasteiger charge is -2.18. The zero-order valence-electron chi connectivity index (χ0n) is 42.6. The van der Waals surface area contributed by atoms with Crippen LogP contribution in [0.3, 0.4) is 0 Å². The smallest absolute Gasteiger partial charge is 0.306 e. The molecule has 0 aliphatic carbocycles. The van der Waals surface area contributed by atoms with Gasteiger partial charge < -0.3 is 14.2 Å². The van der Waals surface area contributed by atoms with Crippen molar-refractivity contribution in [2.75, 3.05) is 13.2 Å². The lowest BCUT2D eigenvalue weighted by atomic mass is 10.0. The number of rotatable bonds is 52. The highest BCUT2D eigenvalue weighted by molar-refractivity contribution is 5.71. The van der Waals surface area contributed by atoms with E-state index < -0.39 is 6.10 Å². The summed E-state index contributed by atoms with van der Waals surface area (Å²) < 4.78 is 16.7. The number of ether oxygens (including phenoxy) is 3. The first kappa shape index (κ1) is 61.1. The average Bonchev–Trinajstić information content (AvgIpc) is 3.28. The third-order valence-electron chi connectivity index (χ3n) is 12.8. The van der Waals surface area contributed by atoms with Gasteiger partial charge in [-0.25, -0.2) is 0 Å². The van der Waals surface area contributed by atoms with Gasteiger partial charge in [-0.15, -0.1) is 0 Å². The molecule has 0 rings (SSSR count). The fraction of sp³-hybridized carbons (Fsp3) is 0.912. The predicted molar refractivity (Wildman–Crippen MR) is 270 cm³/mol. The Balaban J connectivity index is 4.08. The third-order valence-corrected chi connectivity index (χ3v) is 12.8. The standard InChI is InChI=1S/C57H108O6/c1-4-7-10-13-16-18-20-22-24-26-27-28-29-30-31-32-34-35-37-39-41-44-47-50-56(59)62-53-54(52-61-55(58)49-46-43-15-12-9-6-3)63-57(60)51-48-45-42-40-38-36-33-25-23-21-19-17-14-11-8-5-2/h25,33,54H,4-24,26-32,34-53H2,1-3H3/b33-25-. The highest BCUT2D eigenvalue weighted by Gasteiger charge is 2.19. The summed E-state index contributed by atoms with van der Waals surface area (Å²) in [6, 6.07) is 0. The summed E-state index contributed by atoms with van der Waals surface area (Å²) in [5.41, 5.74) is 0. The van der Waals surface area contributed by atoms with Crippen LogP contribution in [-0.4, -0.2) is 37.2 Å². The second-order valence-electron chi connectivity index (χ2n) is 19.2. The second kappa shape index (κ2) is 52.8. The van der Waals surface area contributed by atoms with Gasteiger partial charge in [0.1, 0.15) is 13.2 Å². The number of hydrogen-bond acceptors (Lipinski definition) is 6. The molecule has 0 aromatic carbocycles. The zero-order valence-corrected chi connectivity index (χ0v) is 42.6. The molecule has 0 bridgehead atoms. The first-order chi connectivity index (χ1) is 31.0. The molecule has 0 aliphatic heterocycles. The van der Waals surface area contributed by atoms with E-state index in [4.69, 9.17) is 14.2 Å². The molecular weight excluding hydrogens is 781 g/mol. The molecule has 0 saturated heterocycles. The van der Waals surface area contributed by atoms with Gasteiger partial charge >= 0.3 is 17.9 Å². The van der Waals surface area contributed by atoms with Gasteiger partial charge in [0.25, 0.3) is 0 Å². The van der Waals surface area contributed by atoms with Crippen molar-refractivity contribution in [3.05, 3.63) is 12.2 Å². The summed E-state index contributed by atoms with van der Waals surface area (Å²) in [7, 11) is 0. The molecule has 0 N–H and O–H groups in total. The Hall–Kier alpha value is -1.85. The third kappa shape index (κ3) is 51.0. The summed E-state index contributed by atoms with van der Waals surface area (Å²) in [5.74, 6) is -0.868. The molecule has 372 valence electrons. The molecule has 6 nitrogen and oxygen atoms in total. The van der Waals surface area contributed by atoms with Crippen LogP contribution in [0.15, 0.2) is 12.2 Å². The highest BCUT2D eigenvalue weighted by Crippen LogP contribution is 2.17.